The summed E-state index contributed by atoms with van der Waals surface area (Å²) in [6.07, 6.45) is 7.00. The van der Waals surface area contributed by atoms with E-state index in [4.69, 9.17) is 4.74 Å². The Morgan fingerprint density at radius 1 is 1.11 bits per heavy atom. The van der Waals surface area contributed by atoms with Crippen LogP contribution in [0.3, 0.4) is 0 Å². The number of hydrogen-bond acceptors (Lipinski definition) is 6. The fourth-order valence-electron chi connectivity index (χ4n) is 6.34. The lowest BCUT2D eigenvalue weighted by molar-refractivity contribution is -0.135. The number of imidazole rings is 1. The summed E-state index contributed by atoms with van der Waals surface area (Å²) < 4.78 is 4.74. The van der Waals surface area contributed by atoms with Crippen LogP contribution < -0.4 is 5.32 Å². The summed E-state index contributed by atoms with van der Waals surface area (Å²) in [6, 6.07) is 12.2. The Morgan fingerprint density at radius 3 is 2.40 bits per heavy atom. The molecule has 5 rings (SSSR count). The average molecular weight is 649 g/mol. The van der Waals surface area contributed by atoms with Gasteiger partial charge in [-0.05, 0) is 76.5 Å². The predicted molar refractivity (Wildman–Crippen MR) is 193 cm³/mol. The molecule has 45 heavy (non-hydrogen) atoms. The molecule has 9 heteroatoms. The van der Waals surface area contributed by atoms with E-state index >= 15 is 0 Å². The molecule has 1 aliphatic carbocycles. The minimum atomic E-state index is -0.655. The maximum Gasteiger partial charge on any atom is 0.407 e. The molecule has 0 bridgehead atoms. The molecule has 1 fully saturated rings. The van der Waals surface area contributed by atoms with E-state index in [0.29, 0.717) is 12.5 Å². The number of aromatic amines is 1. The zero-order valence-corrected chi connectivity index (χ0v) is 29.2. The molecule has 3 aromatic rings. The second-order valence-corrected chi connectivity index (χ2v) is 11.5. The van der Waals surface area contributed by atoms with Crippen molar-refractivity contribution < 1.29 is 14.3 Å². The summed E-state index contributed by atoms with van der Waals surface area (Å²) in [5, 5.41) is 2.70. The molecule has 2 aromatic carbocycles. The normalized spacial score (nSPS) is 17.3. The maximum absolute atomic E-state index is 13.5. The van der Waals surface area contributed by atoms with Crippen LogP contribution in [0.4, 0.5) is 4.79 Å². The number of nitrogens with zero attached hydrogens (tertiary/aromatic N) is 2. The highest BCUT2D eigenvalue weighted by molar-refractivity contribution is 8.59. The van der Waals surface area contributed by atoms with Gasteiger partial charge in [-0.15, -0.1) is 23.3 Å². The van der Waals surface area contributed by atoms with Gasteiger partial charge < -0.3 is 19.9 Å². The summed E-state index contributed by atoms with van der Waals surface area (Å²) >= 11 is 6.44. The van der Waals surface area contributed by atoms with Crippen LogP contribution in [0.1, 0.15) is 88.4 Å². The number of thiol groups is 2. The highest BCUT2D eigenvalue weighted by atomic mass is 33.1. The number of amides is 2. The first-order chi connectivity index (χ1) is 21.7. The molecule has 3 atom stereocenters. The molecule has 0 spiro atoms. The average Bonchev–Trinajstić information content (AvgIpc) is 3.85. The largest absolute Gasteiger partial charge is 0.453 e. The first-order valence-corrected chi connectivity index (χ1v) is 17.3. The number of carbonyl (C=O) groups is 2. The third kappa shape index (κ3) is 7.87. The second-order valence-electron chi connectivity index (χ2n) is 11.5. The molecule has 0 radical (unpaired) electrons. The summed E-state index contributed by atoms with van der Waals surface area (Å²) in [5.74, 6) is 1.08. The van der Waals surface area contributed by atoms with Gasteiger partial charge in [0.1, 0.15) is 11.9 Å². The Balaban J connectivity index is 0.00000133. The van der Waals surface area contributed by atoms with Gasteiger partial charge in [0.2, 0.25) is 5.91 Å². The van der Waals surface area contributed by atoms with E-state index in [9.17, 15) is 9.59 Å². The van der Waals surface area contributed by atoms with Crippen LogP contribution >= 0.6 is 23.3 Å². The number of methoxy groups -OCH3 is 1. The van der Waals surface area contributed by atoms with Crippen molar-refractivity contribution in [1.82, 2.24) is 20.2 Å². The standard InChI is InChI=1S/C34H40N4O3.C2H6.H2S2/c1-7-21(4)25-16-17-26(30-22(5)10-15-27(25)30)23-11-13-24(14-12-23)28-19-35-32(36-28)29-9-8-18-38(29)33(39)31(20(2)3)37-34(40)41-6;2*1-2/h7,11-14,16-17,19-20,22,29,31H,1,4,8-10,15,18H2,2-3,5-6H3,(H,35,36)(H,37,40);1-2H3;1-2H/t22?,29-,31?;;/m0../s1. The van der Waals surface area contributed by atoms with Crippen molar-refractivity contribution in [3.05, 3.63) is 84.3 Å². The van der Waals surface area contributed by atoms with Crippen molar-refractivity contribution in [1.29, 1.82) is 0 Å². The highest BCUT2D eigenvalue weighted by Gasteiger charge is 2.37. The molecule has 1 aromatic heterocycles. The fourth-order valence-corrected chi connectivity index (χ4v) is 6.34. The van der Waals surface area contributed by atoms with Crippen LogP contribution in [-0.2, 0) is 16.0 Å². The fraction of sp³-hybridized carbons (Fsp3) is 0.417. The van der Waals surface area contributed by atoms with Crippen molar-refractivity contribution >= 4 is 40.9 Å². The Morgan fingerprint density at radius 2 is 1.78 bits per heavy atom. The Hall–Kier alpha value is -3.43. The second kappa shape index (κ2) is 16.8. The zero-order valence-electron chi connectivity index (χ0n) is 27.4. The number of H-pyrrole nitrogens is 1. The van der Waals surface area contributed by atoms with E-state index in [-0.39, 0.29) is 17.9 Å². The van der Waals surface area contributed by atoms with E-state index in [1.165, 1.54) is 34.9 Å². The number of fused-ring (bicyclic) bond motifs is 1. The first kappa shape index (κ1) is 36.0. The van der Waals surface area contributed by atoms with E-state index in [1.807, 2.05) is 44.9 Å². The quantitative estimate of drug-likeness (QED) is 0.112. The summed E-state index contributed by atoms with van der Waals surface area (Å²) in [5.41, 5.74) is 9.45. The van der Waals surface area contributed by atoms with Crippen molar-refractivity contribution in [2.75, 3.05) is 13.7 Å². The number of likely N-dealkylation sites (tertiary alicyclic amines) is 1. The molecule has 7 nitrogen and oxygen atoms in total. The van der Waals surface area contributed by atoms with Crippen LogP contribution in [0, 0.1) is 5.92 Å². The third-order valence-electron chi connectivity index (χ3n) is 8.61. The van der Waals surface area contributed by atoms with Crippen molar-refractivity contribution in [3.63, 3.8) is 0 Å². The number of nitrogens with one attached hydrogen (secondary N) is 2. The summed E-state index contributed by atoms with van der Waals surface area (Å²) in [6.45, 7) is 18.9. The molecule has 2 unspecified atom stereocenters. The van der Waals surface area contributed by atoms with Crippen molar-refractivity contribution in [3.8, 4) is 22.4 Å². The Bertz CT molecular complexity index is 1480. The molecule has 2 amide bonds. The number of rotatable bonds is 8. The molecule has 1 aliphatic heterocycles. The van der Waals surface area contributed by atoms with Crippen LogP contribution in [0.15, 0.2) is 61.8 Å². The molecule has 2 N–H and O–H groups in total. The molecule has 2 aliphatic rings. The summed E-state index contributed by atoms with van der Waals surface area (Å²) in [4.78, 5) is 35.3. The van der Waals surface area contributed by atoms with Gasteiger partial charge in [-0.3, -0.25) is 4.79 Å². The molecule has 1 saturated heterocycles. The Labute approximate surface area is 279 Å². The molecular formula is C36H48N4O3S2. The summed E-state index contributed by atoms with van der Waals surface area (Å²) in [7, 11) is 1.30. The lowest BCUT2D eigenvalue weighted by Gasteiger charge is -2.30. The molecule has 0 saturated carbocycles. The van der Waals surface area contributed by atoms with Crippen LogP contribution in [0.5, 0.6) is 0 Å². The van der Waals surface area contributed by atoms with E-state index in [1.54, 1.807) is 0 Å². The van der Waals surface area contributed by atoms with Gasteiger partial charge in [-0.1, -0.05) is 90.3 Å². The monoisotopic (exact) mass is 648 g/mol. The number of aromatic nitrogens is 2. The van der Waals surface area contributed by atoms with Crippen LogP contribution in [-0.4, -0.2) is 46.6 Å². The maximum atomic E-state index is 13.5. The minimum absolute atomic E-state index is 0.0743. The highest BCUT2D eigenvalue weighted by Crippen LogP contribution is 2.43. The van der Waals surface area contributed by atoms with Crippen molar-refractivity contribution in [2.45, 2.75) is 78.3 Å². The minimum Gasteiger partial charge on any atom is -0.453 e. The van der Waals surface area contributed by atoms with Gasteiger partial charge in [-0.2, -0.15) is 0 Å². The molecule has 242 valence electrons. The van der Waals surface area contributed by atoms with Gasteiger partial charge in [0.25, 0.3) is 0 Å². The van der Waals surface area contributed by atoms with E-state index in [2.05, 4.69) is 95.1 Å². The van der Waals surface area contributed by atoms with Gasteiger partial charge >= 0.3 is 6.09 Å². The van der Waals surface area contributed by atoms with Crippen molar-refractivity contribution in [2.24, 2.45) is 5.92 Å². The van der Waals surface area contributed by atoms with E-state index < -0.39 is 12.1 Å². The molecular weight excluding hydrogens is 601 g/mol. The smallest absolute Gasteiger partial charge is 0.407 e. The van der Waals surface area contributed by atoms with Gasteiger partial charge in [0, 0.05) is 6.54 Å². The lowest BCUT2D eigenvalue weighted by Crippen LogP contribution is -2.51. The SMILES string of the molecule is C=CC(=C)c1ccc(-c2ccc(-c3cnc([C@@H]4CCCN4C(=O)C(NC(=O)OC)C(C)C)[nH]3)cc2)c2c1CCC2C.CC.SS. The Kier molecular flexibility index (Phi) is 13.4. The zero-order chi connectivity index (χ0) is 33.3. The van der Waals surface area contributed by atoms with E-state index in [0.717, 1.165) is 48.3 Å². The number of hydrogen-bond donors (Lipinski definition) is 4. The van der Waals surface area contributed by atoms with Gasteiger partial charge in [-0.25, -0.2) is 9.78 Å². The van der Waals surface area contributed by atoms with Crippen LogP contribution in [0.2, 0.25) is 0 Å². The van der Waals surface area contributed by atoms with Crippen LogP contribution in [0.25, 0.3) is 28.0 Å². The first-order valence-electron chi connectivity index (χ1n) is 15.7. The van der Waals surface area contributed by atoms with Gasteiger partial charge in [0.05, 0.1) is 25.0 Å². The number of alkyl carbamates (subject to hydrolysis) is 1. The molecule has 2 heterocycles. The predicted octanol–water partition coefficient (Wildman–Crippen LogP) is 8.82. The lowest BCUT2D eigenvalue weighted by atomic mass is 9.88. The number of ether oxygens (including phenoxy) is 1. The number of carbonyl (C=O) groups excluding carboxylic acids is 2. The topological polar surface area (TPSA) is 87.3 Å². The third-order valence-corrected chi connectivity index (χ3v) is 8.61. The van der Waals surface area contributed by atoms with Gasteiger partial charge in [0.15, 0.2) is 0 Å². The number of allylic oxidation sites excluding steroid dienone is 2. The number of benzene rings is 2.